The van der Waals surface area contributed by atoms with E-state index < -0.39 is 17.7 Å². The quantitative estimate of drug-likeness (QED) is 0.880. The number of nitrogens with zero attached hydrogens (tertiary/aromatic N) is 2. The summed E-state index contributed by atoms with van der Waals surface area (Å²) >= 11 is 1.10. The Morgan fingerprint density at radius 1 is 1.24 bits per heavy atom. The SMILES string of the molecule is Cn1nc(C(F)(F)F)c(CCN)c1Sc1ccc(F)cc1. The van der Waals surface area contributed by atoms with Gasteiger partial charge in [-0.05, 0) is 37.2 Å². The van der Waals surface area contributed by atoms with Crippen molar-refractivity contribution in [3.8, 4) is 0 Å². The average molecular weight is 319 g/mol. The summed E-state index contributed by atoms with van der Waals surface area (Å²) < 4.78 is 53.0. The van der Waals surface area contributed by atoms with Crippen molar-refractivity contribution in [2.45, 2.75) is 22.5 Å². The lowest BCUT2D eigenvalue weighted by molar-refractivity contribution is -0.142. The van der Waals surface area contributed by atoms with Crippen LogP contribution < -0.4 is 5.73 Å². The number of aryl methyl sites for hydroxylation is 1. The van der Waals surface area contributed by atoms with Gasteiger partial charge in [0.15, 0.2) is 5.69 Å². The molecule has 2 aromatic rings. The first-order valence-corrected chi connectivity index (χ1v) is 6.91. The highest BCUT2D eigenvalue weighted by Crippen LogP contribution is 2.38. The molecule has 1 heterocycles. The summed E-state index contributed by atoms with van der Waals surface area (Å²) in [5, 5.41) is 3.92. The van der Waals surface area contributed by atoms with E-state index in [4.69, 9.17) is 5.73 Å². The Balaban J connectivity index is 2.42. The van der Waals surface area contributed by atoms with Crippen molar-refractivity contribution in [2.24, 2.45) is 12.8 Å². The van der Waals surface area contributed by atoms with Crippen molar-refractivity contribution < 1.29 is 17.6 Å². The molecule has 0 saturated heterocycles. The first-order valence-electron chi connectivity index (χ1n) is 6.09. The number of halogens is 4. The summed E-state index contributed by atoms with van der Waals surface area (Å²) in [5.41, 5.74) is 4.56. The van der Waals surface area contributed by atoms with Crippen molar-refractivity contribution in [3.63, 3.8) is 0 Å². The number of rotatable bonds is 4. The van der Waals surface area contributed by atoms with Gasteiger partial charge in [0.25, 0.3) is 0 Å². The Hall–Kier alpha value is -1.54. The number of alkyl halides is 3. The molecule has 2 N–H and O–H groups in total. The molecule has 0 fully saturated rings. The Kier molecular flexibility index (Phi) is 4.58. The predicted octanol–water partition coefficient (Wildman–Crippen LogP) is 3.23. The van der Waals surface area contributed by atoms with E-state index in [0.29, 0.717) is 9.92 Å². The van der Waals surface area contributed by atoms with Gasteiger partial charge in [-0.2, -0.15) is 18.3 Å². The van der Waals surface area contributed by atoms with Crippen LogP contribution in [0.1, 0.15) is 11.3 Å². The summed E-state index contributed by atoms with van der Waals surface area (Å²) in [6.45, 7) is 0.0890. The van der Waals surface area contributed by atoms with Gasteiger partial charge >= 0.3 is 6.18 Å². The normalized spacial score (nSPS) is 11.9. The second-order valence-electron chi connectivity index (χ2n) is 4.35. The average Bonchev–Trinajstić information content (AvgIpc) is 2.70. The third-order valence-corrected chi connectivity index (χ3v) is 3.99. The van der Waals surface area contributed by atoms with Crippen molar-refractivity contribution >= 4 is 11.8 Å². The molecule has 2 rings (SSSR count). The lowest BCUT2D eigenvalue weighted by atomic mass is 10.2. The van der Waals surface area contributed by atoms with E-state index in [9.17, 15) is 17.6 Å². The van der Waals surface area contributed by atoms with Crippen LogP contribution in [0, 0.1) is 5.82 Å². The fourth-order valence-corrected chi connectivity index (χ4v) is 2.88. The maximum Gasteiger partial charge on any atom is 0.435 e. The van der Waals surface area contributed by atoms with Gasteiger partial charge in [0.1, 0.15) is 10.8 Å². The van der Waals surface area contributed by atoms with Gasteiger partial charge in [-0.3, -0.25) is 4.68 Å². The lowest BCUT2D eigenvalue weighted by Gasteiger charge is -2.07. The van der Waals surface area contributed by atoms with Crippen LogP contribution in [0.3, 0.4) is 0 Å². The van der Waals surface area contributed by atoms with Crippen LogP contribution in [0.15, 0.2) is 34.2 Å². The van der Waals surface area contributed by atoms with Crippen LogP contribution in [-0.4, -0.2) is 16.3 Å². The molecule has 3 nitrogen and oxygen atoms in total. The number of benzene rings is 1. The van der Waals surface area contributed by atoms with E-state index in [-0.39, 0.29) is 18.5 Å². The molecular formula is C13H13F4N3S. The number of nitrogens with two attached hydrogens (primary N) is 1. The molecule has 0 atom stereocenters. The van der Waals surface area contributed by atoms with Crippen molar-refractivity contribution in [1.29, 1.82) is 0 Å². The van der Waals surface area contributed by atoms with Crippen LogP contribution in [0.25, 0.3) is 0 Å². The number of hydrogen-bond donors (Lipinski definition) is 1. The first-order chi connectivity index (χ1) is 9.82. The molecule has 1 aromatic heterocycles. The van der Waals surface area contributed by atoms with Gasteiger partial charge in [0, 0.05) is 17.5 Å². The van der Waals surface area contributed by atoms with Gasteiger partial charge in [0.2, 0.25) is 0 Å². The lowest BCUT2D eigenvalue weighted by Crippen LogP contribution is -2.12. The van der Waals surface area contributed by atoms with Crippen LogP contribution >= 0.6 is 11.8 Å². The summed E-state index contributed by atoms with van der Waals surface area (Å²) in [6, 6.07) is 5.52. The van der Waals surface area contributed by atoms with Gasteiger partial charge < -0.3 is 5.73 Å². The smallest absolute Gasteiger partial charge is 0.330 e. The Morgan fingerprint density at radius 3 is 2.38 bits per heavy atom. The third kappa shape index (κ3) is 3.56. The molecule has 21 heavy (non-hydrogen) atoms. The fraction of sp³-hybridized carbons (Fsp3) is 0.308. The molecule has 0 radical (unpaired) electrons. The molecule has 0 aliphatic carbocycles. The topological polar surface area (TPSA) is 43.8 Å². The number of aromatic nitrogens is 2. The second kappa shape index (κ2) is 6.07. The van der Waals surface area contributed by atoms with Crippen LogP contribution in [0.5, 0.6) is 0 Å². The first kappa shape index (κ1) is 15.8. The summed E-state index contributed by atoms with van der Waals surface area (Å²) in [6.07, 6.45) is -4.45. The van der Waals surface area contributed by atoms with Crippen LogP contribution in [0.2, 0.25) is 0 Å². The predicted molar refractivity (Wildman–Crippen MR) is 71.5 cm³/mol. The molecule has 0 aliphatic heterocycles. The minimum atomic E-state index is -4.52. The van der Waals surface area contributed by atoms with Gasteiger partial charge in [-0.1, -0.05) is 11.8 Å². The largest absolute Gasteiger partial charge is 0.435 e. The number of hydrogen-bond acceptors (Lipinski definition) is 3. The summed E-state index contributed by atoms with van der Waals surface area (Å²) in [4.78, 5) is 0.631. The maximum atomic E-state index is 13.0. The molecule has 114 valence electrons. The molecule has 8 heteroatoms. The zero-order valence-corrected chi connectivity index (χ0v) is 11.9. The Labute approximate surface area is 123 Å². The highest BCUT2D eigenvalue weighted by atomic mass is 32.2. The van der Waals surface area contributed by atoms with Crippen molar-refractivity contribution in [2.75, 3.05) is 6.54 Å². The summed E-state index contributed by atoms with van der Waals surface area (Å²) in [7, 11) is 1.45. The Morgan fingerprint density at radius 2 is 1.86 bits per heavy atom. The molecule has 0 spiro atoms. The highest BCUT2D eigenvalue weighted by molar-refractivity contribution is 7.99. The fourth-order valence-electron chi connectivity index (χ4n) is 1.89. The van der Waals surface area contributed by atoms with Crippen molar-refractivity contribution in [1.82, 2.24) is 9.78 Å². The van der Waals surface area contributed by atoms with Gasteiger partial charge in [-0.25, -0.2) is 4.39 Å². The highest BCUT2D eigenvalue weighted by Gasteiger charge is 2.38. The van der Waals surface area contributed by atoms with E-state index in [2.05, 4.69) is 5.10 Å². The van der Waals surface area contributed by atoms with E-state index in [1.54, 1.807) is 0 Å². The van der Waals surface area contributed by atoms with E-state index >= 15 is 0 Å². The molecular weight excluding hydrogens is 306 g/mol. The van der Waals surface area contributed by atoms with Crippen LogP contribution in [-0.2, 0) is 19.6 Å². The van der Waals surface area contributed by atoms with E-state index in [0.717, 1.165) is 11.8 Å². The van der Waals surface area contributed by atoms with Gasteiger partial charge in [0.05, 0.1) is 0 Å². The Bertz CT molecular complexity index is 620. The molecule has 0 amide bonds. The minimum absolute atomic E-state index is 0.0711. The zero-order chi connectivity index (χ0) is 15.6. The van der Waals surface area contributed by atoms with Crippen LogP contribution in [0.4, 0.5) is 17.6 Å². The molecule has 0 saturated carbocycles. The standard InChI is InChI=1S/C13H13F4N3S/c1-20-12(21-9-4-2-8(14)3-5-9)10(6-7-18)11(19-20)13(15,16)17/h2-5H,6-7,18H2,1H3. The van der Waals surface area contributed by atoms with Gasteiger partial charge in [-0.15, -0.1) is 0 Å². The molecule has 0 aliphatic rings. The summed E-state index contributed by atoms with van der Waals surface area (Å²) in [5.74, 6) is -0.400. The molecule has 0 bridgehead atoms. The molecule has 1 aromatic carbocycles. The molecule has 0 unspecified atom stereocenters. The van der Waals surface area contributed by atoms with E-state index in [1.165, 1.54) is 36.0 Å². The van der Waals surface area contributed by atoms with Crippen molar-refractivity contribution in [3.05, 3.63) is 41.3 Å². The maximum absolute atomic E-state index is 13.0. The zero-order valence-electron chi connectivity index (χ0n) is 11.1. The monoisotopic (exact) mass is 319 g/mol. The third-order valence-electron chi connectivity index (χ3n) is 2.78. The minimum Gasteiger partial charge on any atom is -0.330 e. The van der Waals surface area contributed by atoms with E-state index in [1.807, 2.05) is 0 Å². The second-order valence-corrected chi connectivity index (χ2v) is 5.41.